The Kier molecular flexibility index (Phi) is 6.45. The van der Waals surface area contributed by atoms with E-state index in [0.717, 1.165) is 17.0 Å². The smallest absolute Gasteiger partial charge is 0.258 e. The van der Waals surface area contributed by atoms with Crippen LogP contribution in [-0.4, -0.2) is 42.1 Å². The van der Waals surface area contributed by atoms with Gasteiger partial charge < -0.3 is 20.8 Å². The second kappa shape index (κ2) is 9.94. The average molecular weight is 606 g/mol. The number of hydrogen-bond donors (Lipinski definition) is 3. The number of pyridine rings is 1. The third kappa shape index (κ3) is 4.65. The van der Waals surface area contributed by atoms with Gasteiger partial charge in [-0.25, -0.2) is 22.8 Å². The highest BCUT2D eigenvalue weighted by molar-refractivity contribution is 7.80. The van der Waals surface area contributed by atoms with Crippen molar-refractivity contribution in [1.82, 2.24) is 25.1 Å². The fraction of sp³-hybridized carbons (Fsp3) is 0.138. The molecule has 0 unspecified atom stereocenters. The zero-order valence-corrected chi connectivity index (χ0v) is 23.6. The molecule has 0 atom stereocenters. The zero-order chi connectivity index (χ0) is 30.8. The molecule has 0 bridgehead atoms. The van der Waals surface area contributed by atoms with Crippen LogP contribution in [-0.2, 0) is 4.79 Å². The molecular weight excluding hydrogens is 583 g/mol. The summed E-state index contributed by atoms with van der Waals surface area (Å²) in [6.07, 6.45) is 2.62. The highest BCUT2D eigenvalue weighted by Gasteiger charge is 2.43. The summed E-state index contributed by atoms with van der Waals surface area (Å²) in [5.74, 6) is -4.04. The number of para-hydroxylation sites is 1. The predicted octanol–water partition coefficient (Wildman–Crippen LogP) is 5.08. The molecule has 5 aromatic rings. The number of thiocarbonyl (C=S) groups is 1. The van der Waals surface area contributed by atoms with Crippen molar-refractivity contribution in [3.05, 3.63) is 89.1 Å². The van der Waals surface area contributed by atoms with E-state index >= 15 is 4.39 Å². The van der Waals surface area contributed by atoms with E-state index in [4.69, 9.17) is 22.7 Å². The van der Waals surface area contributed by atoms with Crippen LogP contribution in [0.4, 0.5) is 24.7 Å². The number of anilines is 2. The van der Waals surface area contributed by atoms with Gasteiger partial charge in [-0.3, -0.25) is 14.5 Å². The lowest BCUT2D eigenvalue weighted by atomic mass is 10.1. The third-order valence-electron chi connectivity index (χ3n) is 7.00. The molecule has 4 N–H and O–H groups in total. The molecule has 1 saturated heterocycles. The van der Waals surface area contributed by atoms with Crippen molar-refractivity contribution in [1.29, 1.82) is 0 Å². The number of carbonyl (C=O) groups is 2. The fourth-order valence-electron chi connectivity index (χ4n) is 4.76. The fourth-order valence-corrected chi connectivity index (χ4v) is 5.19. The first kappa shape index (κ1) is 27.9. The lowest BCUT2D eigenvalue weighted by Crippen LogP contribution is -2.40. The van der Waals surface area contributed by atoms with Gasteiger partial charge in [0.2, 0.25) is 17.4 Å². The molecule has 0 spiro atoms. The van der Waals surface area contributed by atoms with E-state index in [2.05, 4.69) is 20.4 Å². The van der Waals surface area contributed by atoms with E-state index in [1.165, 1.54) is 47.4 Å². The Morgan fingerprint density at radius 1 is 1.05 bits per heavy atom. The molecule has 14 heteroatoms. The maximum atomic E-state index is 15.1. The minimum absolute atomic E-state index is 0.00411. The van der Waals surface area contributed by atoms with E-state index in [0.29, 0.717) is 22.2 Å². The zero-order valence-electron chi connectivity index (χ0n) is 22.8. The van der Waals surface area contributed by atoms with E-state index in [1.54, 1.807) is 20.8 Å². The number of nitrogens with one attached hydrogen (secondary N) is 2. The normalized spacial score (nSPS) is 14.4. The number of carbonyl (C=O) groups excluding carboxylic acids is 2. The number of nitrogen functional groups attached to an aromatic ring is 1. The molecule has 10 nitrogen and oxygen atoms in total. The summed E-state index contributed by atoms with van der Waals surface area (Å²) < 4.78 is 49.7. The second-order valence-electron chi connectivity index (χ2n) is 10.4. The summed E-state index contributed by atoms with van der Waals surface area (Å²) in [5.41, 5.74) is 6.75. The number of benzene rings is 2. The number of halogens is 3. The van der Waals surface area contributed by atoms with Gasteiger partial charge in [0.15, 0.2) is 16.7 Å². The number of aryl methyl sites for hydroxylation is 1. The number of aromatic nitrogens is 4. The minimum Gasteiger partial charge on any atom is -0.433 e. The van der Waals surface area contributed by atoms with Crippen molar-refractivity contribution in [2.24, 2.45) is 0 Å². The van der Waals surface area contributed by atoms with Crippen LogP contribution in [0.1, 0.15) is 35.5 Å². The highest BCUT2D eigenvalue weighted by Crippen LogP contribution is 2.32. The number of nitrogens with two attached hydrogens (primary N) is 1. The van der Waals surface area contributed by atoms with Gasteiger partial charge in [-0.1, -0.05) is 6.07 Å². The summed E-state index contributed by atoms with van der Waals surface area (Å²) in [5, 5.41) is 7.56. The Balaban J connectivity index is 1.29. The predicted molar refractivity (Wildman–Crippen MR) is 156 cm³/mol. The Morgan fingerprint density at radius 2 is 1.77 bits per heavy atom. The molecule has 1 aliphatic rings. The summed E-state index contributed by atoms with van der Waals surface area (Å²) in [6.45, 7) is 4.96. The van der Waals surface area contributed by atoms with E-state index in [1.807, 2.05) is 0 Å². The van der Waals surface area contributed by atoms with Gasteiger partial charge in [0.1, 0.15) is 17.2 Å². The van der Waals surface area contributed by atoms with Gasteiger partial charge in [-0.05, 0) is 68.9 Å². The lowest BCUT2D eigenvalue weighted by Gasteiger charge is -2.17. The topological polar surface area (TPSA) is 131 Å². The van der Waals surface area contributed by atoms with Gasteiger partial charge in [0, 0.05) is 17.0 Å². The van der Waals surface area contributed by atoms with Crippen LogP contribution in [0.25, 0.3) is 16.6 Å². The molecule has 4 heterocycles. The Labute approximate surface area is 247 Å². The molecule has 1 fully saturated rings. The summed E-state index contributed by atoms with van der Waals surface area (Å²) in [6, 6.07) is 8.87. The first-order valence-electron chi connectivity index (χ1n) is 12.8. The number of ether oxygens (including phenoxy) is 1. The van der Waals surface area contributed by atoms with Crippen LogP contribution >= 0.6 is 12.2 Å². The maximum Gasteiger partial charge on any atom is 0.258 e. The van der Waals surface area contributed by atoms with Crippen molar-refractivity contribution in [2.75, 3.05) is 10.6 Å². The molecule has 6 rings (SSSR count). The number of amides is 1. The Morgan fingerprint density at radius 3 is 2.42 bits per heavy atom. The summed E-state index contributed by atoms with van der Waals surface area (Å²) >= 11 is 5.25. The molecule has 218 valence electrons. The molecule has 0 saturated carbocycles. The van der Waals surface area contributed by atoms with Gasteiger partial charge in [0.25, 0.3) is 5.91 Å². The maximum absolute atomic E-state index is 15.1. The first-order valence-corrected chi connectivity index (χ1v) is 13.2. The number of rotatable bonds is 6. The van der Waals surface area contributed by atoms with Crippen molar-refractivity contribution < 1.29 is 27.5 Å². The number of aromatic amines is 1. The molecule has 1 amide bonds. The van der Waals surface area contributed by atoms with E-state index in [-0.39, 0.29) is 33.8 Å². The average Bonchev–Trinajstić information content (AvgIpc) is 3.58. The summed E-state index contributed by atoms with van der Waals surface area (Å²) in [7, 11) is 0. The molecule has 1 aliphatic heterocycles. The number of fused-ring (bicyclic) bond motifs is 1. The van der Waals surface area contributed by atoms with Gasteiger partial charge in [-0.15, -0.1) is 0 Å². The minimum atomic E-state index is -0.994. The van der Waals surface area contributed by atoms with Crippen LogP contribution in [0.3, 0.4) is 0 Å². The molecule has 0 radical (unpaired) electrons. The van der Waals surface area contributed by atoms with Crippen molar-refractivity contribution in [3.8, 4) is 17.3 Å². The molecular formula is C29H22F3N7O3S. The molecule has 43 heavy (non-hydrogen) atoms. The van der Waals surface area contributed by atoms with Crippen LogP contribution in [0.2, 0.25) is 0 Å². The van der Waals surface area contributed by atoms with Gasteiger partial charge in [-0.2, -0.15) is 5.10 Å². The van der Waals surface area contributed by atoms with Crippen LogP contribution in [0.5, 0.6) is 11.6 Å². The van der Waals surface area contributed by atoms with Crippen molar-refractivity contribution >= 4 is 51.4 Å². The number of H-pyrrole nitrogens is 1. The molecule has 3 aromatic heterocycles. The van der Waals surface area contributed by atoms with E-state index < -0.39 is 40.4 Å². The number of nitrogens with zero attached hydrogens (tertiary/aromatic N) is 4. The molecule has 0 aliphatic carbocycles. The van der Waals surface area contributed by atoms with Crippen LogP contribution in [0.15, 0.2) is 54.9 Å². The highest BCUT2D eigenvalue weighted by atomic mass is 32.1. The van der Waals surface area contributed by atoms with Crippen LogP contribution in [0, 0.1) is 24.4 Å². The third-order valence-corrected chi connectivity index (χ3v) is 7.28. The largest absolute Gasteiger partial charge is 0.433 e. The number of ketones is 1. The summed E-state index contributed by atoms with van der Waals surface area (Å²) in [4.78, 5) is 34.4. The number of hydrogen-bond acceptors (Lipinski definition) is 7. The van der Waals surface area contributed by atoms with E-state index in [9.17, 15) is 18.4 Å². The van der Waals surface area contributed by atoms with Crippen molar-refractivity contribution in [3.63, 3.8) is 0 Å². The molecule has 2 aromatic carbocycles. The monoisotopic (exact) mass is 605 g/mol. The Bertz CT molecular complexity index is 1980. The van der Waals surface area contributed by atoms with Gasteiger partial charge in [0.05, 0.1) is 35.0 Å². The lowest BCUT2D eigenvalue weighted by molar-refractivity contribution is -0.121. The first-order chi connectivity index (χ1) is 20.4. The second-order valence-corrected chi connectivity index (χ2v) is 10.8. The van der Waals surface area contributed by atoms with Gasteiger partial charge >= 0.3 is 0 Å². The Hall–Kier alpha value is -5.24. The van der Waals surface area contributed by atoms with Crippen molar-refractivity contribution in [2.45, 2.75) is 26.3 Å². The quantitative estimate of drug-likeness (QED) is 0.181. The van der Waals surface area contributed by atoms with Crippen LogP contribution < -0.4 is 20.7 Å². The standard InChI is InChI=1S/C29H22F3N7O3S/c1-13-7-23(42-25-16(30)5-4-6-17(25)31)34-12-22(13)39-26(33)15(11-35-39)24(40)20-9-14-8-18(32)21(10-19(14)36-20)38-27(41)29(2,3)37-28(38)43/h4-12,36H,33H2,1-3H3,(H,37,43). The SMILES string of the molecule is Cc1cc(Oc2c(F)cccc2F)ncc1-n1ncc(C(=O)c2cc3cc(F)c(N4C(=O)C(C)(C)NC4=S)cc3[nH]2)c1N.